The van der Waals surface area contributed by atoms with E-state index in [0.717, 1.165) is 6.20 Å². The maximum atomic E-state index is 11.3. The van der Waals surface area contributed by atoms with Crippen molar-refractivity contribution in [3.8, 4) is 11.6 Å². The first-order chi connectivity index (χ1) is 8.49. The lowest BCUT2D eigenvalue weighted by atomic mass is 10.3. The molecule has 0 unspecified atom stereocenters. The van der Waals surface area contributed by atoms with E-state index >= 15 is 0 Å². The summed E-state index contributed by atoms with van der Waals surface area (Å²) >= 11 is 0. The number of esters is 2. The summed E-state index contributed by atoms with van der Waals surface area (Å²) < 4.78 is 9.57. The molecule has 1 aromatic rings. The third-order valence-electron chi connectivity index (χ3n) is 1.83. The van der Waals surface area contributed by atoms with Gasteiger partial charge in [0.1, 0.15) is 12.4 Å². The van der Waals surface area contributed by atoms with Gasteiger partial charge < -0.3 is 14.6 Å². The number of carbonyl (C=O) groups is 2. The Bertz CT molecular complexity index is 452. The summed E-state index contributed by atoms with van der Waals surface area (Å²) in [7, 11) is 0. The Hall–Kier alpha value is -2.37. The van der Waals surface area contributed by atoms with Crippen LogP contribution in [0, 0.1) is 0 Å². The molecule has 0 amide bonds. The van der Waals surface area contributed by atoms with Crippen molar-refractivity contribution in [3.63, 3.8) is 0 Å². The third kappa shape index (κ3) is 4.65. The lowest BCUT2D eigenvalue weighted by molar-refractivity contribution is -0.142. The van der Waals surface area contributed by atoms with Crippen LogP contribution in [0.3, 0.4) is 0 Å². The fourth-order valence-electron chi connectivity index (χ4n) is 0.951. The molecule has 0 spiro atoms. The topological polar surface area (TPSA) is 85.7 Å². The molecule has 1 N–H and O–H groups in total. The molecule has 0 saturated heterocycles. The van der Waals surface area contributed by atoms with Crippen molar-refractivity contribution in [2.75, 3.05) is 6.61 Å². The molecule has 0 atom stereocenters. The molecule has 0 bridgehead atoms. The molecule has 0 saturated carbocycles. The van der Waals surface area contributed by atoms with Gasteiger partial charge in [0.15, 0.2) is 0 Å². The zero-order valence-corrected chi connectivity index (χ0v) is 9.88. The number of ether oxygens (including phenoxy) is 2. The number of aromatic nitrogens is 1. The summed E-state index contributed by atoms with van der Waals surface area (Å²) in [4.78, 5) is 26.0. The Labute approximate surface area is 104 Å². The van der Waals surface area contributed by atoms with Crippen LogP contribution in [0.4, 0.5) is 0 Å². The third-order valence-corrected chi connectivity index (χ3v) is 1.83. The molecule has 18 heavy (non-hydrogen) atoms. The van der Waals surface area contributed by atoms with Crippen LogP contribution < -0.4 is 4.74 Å². The van der Waals surface area contributed by atoms with E-state index in [2.05, 4.69) is 11.6 Å². The average Bonchev–Trinajstić information content (AvgIpc) is 2.32. The molecule has 96 valence electrons. The van der Waals surface area contributed by atoms with Gasteiger partial charge in [-0.15, -0.1) is 0 Å². The molecule has 0 fully saturated rings. The summed E-state index contributed by atoms with van der Waals surface area (Å²) in [5.74, 6) is -1.08. The monoisotopic (exact) mass is 251 g/mol. The van der Waals surface area contributed by atoms with Gasteiger partial charge in [0.2, 0.25) is 5.88 Å². The number of carbonyl (C=O) groups excluding carboxylic acids is 2. The molecule has 1 aromatic heterocycles. The second kappa shape index (κ2) is 6.39. The van der Waals surface area contributed by atoms with Crippen molar-refractivity contribution in [3.05, 3.63) is 30.5 Å². The minimum atomic E-state index is -0.581. The smallest absolute Gasteiger partial charge is 0.333 e. The Morgan fingerprint density at radius 1 is 1.44 bits per heavy atom. The van der Waals surface area contributed by atoms with Crippen LogP contribution in [0.2, 0.25) is 0 Å². The van der Waals surface area contributed by atoms with Gasteiger partial charge in [0, 0.05) is 11.6 Å². The first kappa shape index (κ1) is 13.7. The summed E-state index contributed by atoms with van der Waals surface area (Å²) in [6.07, 6.45) is 1.07. The maximum Gasteiger partial charge on any atom is 0.333 e. The zero-order chi connectivity index (χ0) is 13.5. The van der Waals surface area contributed by atoms with E-state index in [1.165, 1.54) is 19.1 Å². The number of pyridine rings is 1. The van der Waals surface area contributed by atoms with Crippen molar-refractivity contribution in [2.45, 2.75) is 13.3 Å². The Balaban J connectivity index is 2.32. The molecule has 0 radical (unpaired) electrons. The van der Waals surface area contributed by atoms with Crippen LogP contribution in [0.25, 0.3) is 0 Å². The maximum absolute atomic E-state index is 11.3. The second-order valence-corrected chi connectivity index (χ2v) is 3.49. The van der Waals surface area contributed by atoms with Gasteiger partial charge >= 0.3 is 11.9 Å². The predicted octanol–water partition coefficient (Wildman–Crippen LogP) is 1.20. The van der Waals surface area contributed by atoms with Gasteiger partial charge in [-0.05, 0) is 13.0 Å². The lowest BCUT2D eigenvalue weighted by Crippen LogP contribution is -2.14. The van der Waals surface area contributed by atoms with Crippen molar-refractivity contribution in [2.24, 2.45) is 0 Å². The van der Waals surface area contributed by atoms with Gasteiger partial charge in [0.25, 0.3) is 0 Å². The van der Waals surface area contributed by atoms with Crippen LogP contribution in [0.15, 0.2) is 30.5 Å². The molecule has 0 aliphatic rings. The van der Waals surface area contributed by atoms with Gasteiger partial charge in [-0.25, -0.2) is 9.78 Å². The van der Waals surface area contributed by atoms with Crippen LogP contribution in [0.1, 0.15) is 13.3 Å². The SMILES string of the molecule is C=C(C)C(=O)OCCC(=O)Oc1ccc(O)cn1. The number of hydrogen-bond donors (Lipinski definition) is 1. The van der Waals surface area contributed by atoms with Gasteiger partial charge in [0.05, 0.1) is 12.6 Å². The summed E-state index contributed by atoms with van der Waals surface area (Å²) in [5, 5.41) is 8.98. The molecule has 0 aromatic carbocycles. The highest BCUT2D eigenvalue weighted by Gasteiger charge is 2.08. The molecular formula is C12H13NO5. The lowest BCUT2D eigenvalue weighted by Gasteiger charge is -2.04. The van der Waals surface area contributed by atoms with E-state index in [9.17, 15) is 9.59 Å². The number of hydrogen-bond acceptors (Lipinski definition) is 6. The zero-order valence-electron chi connectivity index (χ0n) is 9.88. The standard InChI is InChI=1S/C12H13NO5/c1-8(2)12(16)17-6-5-11(15)18-10-4-3-9(14)7-13-10/h3-4,7,14H,1,5-6H2,2H3. The van der Waals surface area contributed by atoms with E-state index in [1.807, 2.05) is 0 Å². The largest absolute Gasteiger partial charge is 0.506 e. The number of nitrogens with zero attached hydrogens (tertiary/aromatic N) is 1. The molecular weight excluding hydrogens is 238 g/mol. The Morgan fingerprint density at radius 2 is 2.17 bits per heavy atom. The Kier molecular flexibility index (Phi) is 4.86. The van der Waals surface area contributed by atoms with Crippen molar-refractivity contribution < 1.29 is 24.2 Å². The van der Waals surface area contributed by atoms with E-state index in [1.54, 1.807) is 0 Å². The van der Waals surface area contributed by atoms with Crippen molar-refractivity contribution in [1.29, 1.82) is 0 Å². The van der Waals surface area contributed by atoms with Crippen LogP contribution in [0.5, 0.6) is 11.6 Å². The van der Waals surface area contributed by atoms with Gasteiger partial charge in [-0.3, -0.25) is 4.79 Å². The van der Waals surface area contributed by atoms with E-state index in [0.29, 0.717) is 0 Å². The minimum absolute atomic E-state index is 0.0230. The normalized spacial score (nSPS) is 9.61. The minimum Gasteiger partial charge on any atom is -0.506 e. The van der Waals surface area contributed by atoms with Gasteiger partial charge in [-0.1, -0.05) is 6.58 Å². The van der Waals surface area contributed by atoms with Gasteiger partial charge in [-0.2, -0.15) is 0 Å². The first-order valence-electron chi connectivity index (χ1n) is 5.17. The summed E-state index contributed by atoms with van der Waals surface area (Å²) in [6, 6.07) is 2.70. The van der Waals surface area contributed by atoms with Crippen molar-refractivity contribution >= 4 is 11.9 Å². The first-order valence-corrected chi connectivity index (χ1v) is 5.17. The predicted molar refractivity (Wildman–Crippen MR) is 61.9 cm³/mol. The summed E-state index contributed by atoms with van der Waals surface area (Å²) in [5.41, 5.74) is 0.267. The average molecular weight is 251 g/mol. The number of aromatic hydroxyl groups is 1. The molecule has 6 heteroatoms. The molecule has 0 aliphatic carbocycles. The summed E-state index contributed by atoms with van der Waals surface area (Å²) in [6.45, 7) is 4.84. The highest BCUT2D eigenvalue weighted by Crippen LogP contribution is 2.12. The fraction of sp³-hybridized carbons (Fsp3) is 0.250. The molecule has 1 heterocycles. The molecule has 6 nitrogen and oxygen atoms in total. The second-order valence-electron chi connectivity index (χ2n) is 3.49. The fourth-order valence-corrected chi connectivity index (χ4v) is 0.951. The number of rotatable bonds is 5. The van der Waals surface area contributed by atoms with Crippen molar-refractivity contribution in [1.82, 2.24) is 4.98 Å². The highest BCUT2D eigenvalue weighted by molar-refractivity contribution is 5.87. The van der Waals surface area contributed by atoms with Crippen LogP contribution in [-0.2, 0) is 14.3 Å². The quantitative estimate of drug-likeness (QED) is 0.625. The molecule has 1 rings (SSSR count). The van der Waals surface area contributed by atoms with E-state index in [-0.39, 0.29) is 30.2 Å². The van der Waals surface area contributed by atoms with E-state index < -0.39 is 11.9 Å². The Morgan fingerprint density at radius 3 is 2.72 bits per heavy atom. The highest BCUT2D eigenvalue weighted by atomic mass is 16.6. The van der Waals surface area contributed by atoms with E-state index in [4.69, 9.17) is 14.6 Å². The molecule has 0 aliphatic heterocycles. The van der Waals surface area contributed by atoms with Crippen LogP contribution in [-0.4, -0.2) is 28.6 Å². The van der Waals surface area contributed by atoms with Crippen LogP contribution >= 0.6 is 0 Å².